The molecule has 0 aliphatic rings. The highest BCUT2D eigenvalue weighted by atomic mass is 35.5. The number of anilines is 1. The number of rotatable bonds is 2. The van der Waals surface area contributed by atoms with Gasteiger partial charge in [0.2, 0.25) is 0 Å². The highest BCUT2D eigenvalue weighted by Crippen LogP contribution is 2.24. The fourth-order valence-electron chi connectivity index (χ4n) is 2.11. The lowest BCUT2D eigenvalue weighted by Crippen LogP contribution is -2.02. The average molecular weight is 288 g/mol. The van der Waals surface area contributed by atoms with E-state index in [0.29, 0.717) is 10.8 Å². The third kappa shape index (κ3) is 2.00. The van der Waals surface area contributed by atoms with Crippen LogP contribution in [0.3, 0.4) is 0 Å². The van der Waals surface area contributed by atoms with Crippen LogP contribution < -0.4 is 5.32 Å². The van der Waals surface area contributed by atoms with Crippen molar-refractivity contribution in [2.45, 2.75) is 13.8 Å². The van der Waals surface area contributed by atoms with Gasteiger partial charge in [-0.25, -0.2) is 14.6 Å². The van der Waals surface area contributed by atoms with E-state index in [2.05, 4.69) is 20.4 Å². The van der Waals surface area contributed by atoms with E-state index in [0.717, 1.165) is 28.1 Å². The second-order valence-electron chi connectivity index (χ2n) is 4.60. The molecular weight excluding hydrogens is 274 g/mol. The molecule has 0 saturated heterocycles. The summed E-state index contributed by atoms with van der Waals surface area (Å²) in [6.07, 6.45) is 1.76. The molecule has 0 radical (unpaired) electrons. The Morgan fingerprint density at radius 1 is 1.20 bits per heavy atom. The molecule has 20 heavy (non-hydrogen) atoms. The fraction of sp³-hybridized carbons (Fsp3) is 0.214. The molecular formula is C14H14ClN5. The molecule has 0 fully saturated rings. The summed E-state index contributed by atoms with van der Waals surface area (Å²) in [6.45, 7) is 3.83. The van der Waals surface area contributed by atoms with Crippen molar-refractivity contribution < 1.29 is 0 Å². The molecule has 2 aromatic heterocycles. The van der Waals surface area contributed by atoms with E-state index >= 15 is 0 Å². The first-order valence-electron chi connectivity index (χ1n) is 6.27. The number of aryl methyl sites for hydroxylation is 2. The standard InChI is InChI=1S/C14H14ClN5/c1-8-4-5-10(6-12(8)15)20-14-11(7-17-20)13(16-3)18-9(2)19-14/h4-7H,1-3H3,(H,16,18,19). The molecule has 0 aliphatic carbocycles. The summed E-state index contributed by atoms with van der Waals surface area (Å²) in [6, 6.07) is 5.84. The van der Waals surface area contributed by atoms with Crippen LogP contribution in [0, 0.1) is 13.8 Å². The zero-order valence-corrected chi connectivity index (χ0v) is 12.2. The van der Waals surface area contributed by atoms with Gasteiger partial charge in [0, 0.05) is 12.1 Å². The topological polar surface area (TPSA) is 55.6 Å². The molecule has 0 bridgehead atoms. The summed E-state index contributed by atoms with van der Waals surface area (Å²) >= 11 is 6.19. The molecule has 1 aromatic carbocycles. The highest BCUT2D eigenvalue weighted by Gasteiger charge is 2.12. The number of halogens is 1. The van der Waals surface area contributed by atoms with Crippen LogP contribution in [0.4, 0.5) is 5.82 Å². The minimum atomic E-state index is 0.696. The molecule has 0 aliphatic heterocycles. The summed E-state index contributed by atoms with van der Waals surface area (Å²) in [5, 5.41) is 9.06. The van der Waals surface area contributed by atoms with Gasteiger partial charge in [0.15, 0.2) is 5.65 Å². The normalized spacial score (nSPS) is 11.0. The van der Waals surface area contributed by atoms with Crippen molar-refractivity contribution in [2.24, 2.45) is 0 Å². The predicted octanol–water partition coefficient (Wildman–Crippen LogP) is 3.13. The molecule has 5 nitrogen and oxygen atoms in total. The Morgan fingerprint density at radius 2 is 2.00 bits per heavy atom. The maximum absolute atomic E-state index is 6.19. The molecule has 3 rings (SSSR count). The smallest absolute Gasteiger partial charge is 0.168 e. The van der Waals surface area contributed by atoms with Crippen LogP contribution in [0.15, 0.2) is 24.4 Å². The van der Waals surface area contributed by atoms with E-state index in [1.165, 1.54) is 0 Å². The Balaban J connectivity index is 2.26. The number of nitrogens with zero attached hydrogens (tertiary/aromatic N) is 4. The molecule has 6 heteroatoms. The van der Waals surface area contributed by atoms with Gasteiger partial charge in [-0.1, -0.05) is 17.7 Å². The van der Waals surface area contributed by atoms with Crippen molar-refractivity contribution in [1.82, 2.24) is 19.7 Å². The van der Waals surface area contributed by atoms with Crippen LogP contribution in [-0.2, 0) is 0 Å². The maximum Gasteiger partial charge on any atom is 0.168 e. The van der Waals surface area contributed by atoms with Gasteiger partial charge in [-0.05, 0) is 31.5 Å². The predicted molar refractivity (Wildman–Crippen MR) is 80.7 cm³/mol. The number of nitrogens with one attached hydrogen (secondary N) is 1. The molecule has 3 aromatic rings. The summed E-state index contributed by atoms with van der Waals surface area (Å²) < 4.78 is 1.77. The maximum atomic E-state index is 6.19. The second kappa shape index (κ2) is 4.76. The first-order valence-corrected chi connectivity index (χ1v) is 6.64. The minimum Gasteiger partial charge on any atom is -0.372 e. The van der Waals surface area contributed by atoms with Crippen molar-refractivity contribution in [3.63, 3.8) is 0 Å². The van der Waals surface area contributed by atoms with Gasteiger partial charge >= 0.3 is 0 Å². The second-order valence-corrected chi connectivity index (χ2v) is 5.00. The number of benzene rings is 1. The highest BCUT2D eigenvalue weighted by molar-refractivity contribution is 6.31. The molecule has 0 saturated carbocycles. The summed E-state index contributed by atoms with van der Waals surface area (Å²) in [7, 11) is 1.83. The number of hydrogen-bond donors (Lipinski definition) is 1. The fourth-order valence-corrected chi connectivity index (χ4v) is 2.28. The Labute approximate surface area is 121 Å². The van der Waals surface area contributed by atoms with E-state index in [-0.39, 0.29) is 0 Å². The summed E-state index contributed by atoms with van der Waals surface area (Å²) in [5.41, 5.74) is 2.69. The Hall–Kier alpha value is -2.14. The zero-order valence-electron chi connectivity index (χ0n) is 11.5. The van der Waals surface area contributed by atoms with Gasteiger partial charge in [0.05, 0.1) is 17.3 Å². The van der Waals surface area contributed by atoms with Crippen LogP contribution in [0.1, 0.15) is 11.4 Å². The van der Waals surface area contributed by atoms with E-state index in [1.54, 1.807) is 10.9 Å². The first kappa shape index (κ1) is 12.9. The molecule has 1 N–H and O–H groups in total. The first-order chi connectivity index (χ1) is 9.60. The molecule has 2 heterocycles. The van der Waals surface area contributed by atoms with Crippen molar-refractivity contribution in [3.05, 3.63) is 40.8 Å². The van der Waals surface area contributed by atoms with Crippen LogP contribution in [0.25, 0.3) is 16.7 Å². The number of hydrogen-bond acceptors (Lipinski definition) is 4. The lowest BCUT2D eigenvalue weighted by atomic mass is 10.2. The van der Waals surface area contributed by atoms with Gasteiger partial charge in [-0.2, -0.15) is 5.10 Å². The quantitative estimate of drug-likeness (QED) is 0.787. The van der Waals surface area contributed by atoms with Gasteiger partial charge in [-0.3, -0.25) is 0 Å². The number of aromatic nitrogens is 4. The van der Waals surface area contributed by atoms with Gasteiger partial charge in [0.1, 0.15) is 11.6 Å². The third-order valence-electron chi connectivity index (χ3n) is 3.18. The molecule has 102 valence electrons. The van der Waals surface area contributed by atoms with Gasteiger partial charge in [0.25, 0.3) is 0 Å². The summed E-state index contributed by atoms with van der Waals surface area (Å²) in [4.78, 5) is 8.84. The molecule has 0 spiro atoms. The SMILES string of the molecule is CNc1nc(C)nc2c1cnn2-c1ccc(C)c(Cl)c1. The van der Waals surface area contributed by atoms with Crippen LogP contribution in [0.5, 0.6) is 0 Å². The van der Waals surface area contributed by atoms with Crippen molar-refractivity contribution in [2.75, 3.05) is 12.4 Å². The van der Waals surface area contributed by atoms with Gasteiger partial charge in [-0.15, -0.1) is 0 Å². The van der Waals surface area contributed by atoms with Crippen LogP contribution >= 0.6 is 11.6 Å². The third-order valence-corrected chi connectivity index (χ3v) is 3.58. The summed E-state index contributed by atoms with van der Waals surface area (Å²) in [5.74, 6) is 1.47. The van der Waals surface area contributed by atoms with Crippen molar-refractivity contribution in [3.8, 4) is 5.69 Å². The lowest BCUT2D eigenvalue weighted by molar-refractivity contribution is 0.889. The minimum absolute atomic E-state index is 0.696. The Morgan fingerprint density at radius 3 is 2.70 bits per heavy atom. The van der Waals surface area contributed by atoms with E-state index in [1.807, 2.05) is 39.1 Å². The Kier molecular flexibility index (Phi) is 3.06. The van der Waals surface area contributed by atoms with Crippen molar-refractivity contribution >= 4 is 28.5 Å². The monoisotopic (exact) mass is 287 g/mol. The Bertz CT molecular complexity index is 794. The van der Waals surface area contributed by atoms with Crippen LogP contribution in [-0.4, -0.2) is 26.8 Å². The van der Waals surface area contributed by atoms with Crippen LogP contribution in [0.2, 0.25) is 5.02 Å². The number of fused-ring (bicyclic) bond motifs is 1. The van der Waals surface area contributed by atoms with E-state index in [4.69, 9.17) is 11.6 Å². The van der Waals surface area contributed by atoms with Crippen molar-refractivity contribution in [1.29, 1.82) is 0 Å². The van der Waals surface area contributed by atoms with Gasteiger partial charge < -0.3 is 5.32 Å². The molecule has 0 amide bonds. The van der Waals surface area contributed by atoms with E-state index < -0.39 is 0 Å². The molecule has 0 atom stereocenters. The average Bonchev–Trinajstić information content (AvgIpc) is 2.84. The lowest BCUT2D eigenvalue weighted by Gasteiger charge is -2.07. The zero-order chi connectivity index (χ0) is 14.3. The molecule has 0 unspecified atom stereocenters. The van der Waals surface area contributed by atoms with E-state index in [9.17, 15) is 0 Å². The largest absolute Gasteiger partial charge is 0.372 e.